The zero-order valence-electron chi connectivity index (χ0n) is 12.9. The van der Waals surface area contributed by atoms with Crippen molar-refractivity contribution in [1.82, 2.24) is 0 Å². The van der Waals surface area contributed by atoms with E-state index < -0.39 is 11.9 Å². The predicted molar refractivity (Wildman–Crippen MR) is 91.7 cm³/mol. The molecule has 126 valence electrons. The average molecular weight is 393 g/mol. The van der Waals surface area contributed by atoms with E-state index in [0.717, 1.165) is 31.3 Å². The van der Waals surface area contributed by atoms with Gasteiger partial charge in [0.05, 0.1) is 18.2 Å². The zero-order chi connectivity index (χ0) is 17.4. The lowest BCUT2D eigenvalue weighted by molar-refractivity contribution is -0.136. The van der Waals surface area contributed by atoms with Crippen molar-refractivity contribution in [3.05, 3.63) is 39.4 Å². The molecular formula is C17H17BrN2O4. The lowest BCUT2D eigenvalue weighted by Gasteiger charge is -2.31. The van der Waals surface area contributed by atoms with Gasteiger partial charge in [-0.25, -0.2) is 0 Å². The summed E-state index contributed by atoms with van der Waals surface area (Å²) < 4.78 is 0.591. The topological polar surface area (TPSA) is 101 Å². The van der Waals surface area contributed by atoms with Crippen LogP contribution in [0.15, 0.2) is 33.8 Å². The molecule has 1 atom stereocenters. The third-order valence-corrected chi connectivity index (χ3v) is 5.21. The van der Waals surface area contributed by atoms with E-state index in [9.17, 15) is 14.4 Å². The second kappa shape index (κ2) is 6.39. The molecule has 0 spiro atoms. The molecule has 2 amide bonds. The fraction of sp³-hybridized carbons (Fsp3) is 0.353. The second-order valence-electron chi connectivity index (χ2n) is 6.04. The molecule has 0 aromatic heterocycles. The number of hydrogen-bond donors (Lipinski definition) is 2. The number of carbonyl (C=O) groups is 3. The first-order valence-corrected chi connectivity index (χ1v) is 8.56. The van der Waals surface area contributed by atoms with Gasteiger partial charge < -0.3 is 15.7 Å². The highest BCUT2D eigenvalue weighted by atomic mass is 79.9. The van der Waals surface area contributed by atoms with Crippen LogP contribution in [0.3, 0.4) is 0 Å². The third-order valence-electron chi connectivity index (χ3n) is 4.57. The number of carboxylic acid groups (broad SMARTS) is 1. The number of amides is 2. The van der Waals surface area contributed by atoms with Crippen molar-refractivity contribution in [3.63, 3.8) is 0 Å². The van der Waals surface area contributed by atoms with Gasteiger partial charge in [0.1, 0.15) is 0 Å². The Morgan fingerprint density at radius 3 is 2.71 bits per heavy atom. The Bertz CT molecular complexity index is 772. The number of fused-ring (bicyclic) bond motifs is 1. The van der Waals surface area contributed by atoms with E-state index in [0.29, 0.717) is 21.3 Å². The quantitative estimate of drug-likeness (QED) is 0.821. The van der Waals surface area contributed by atoms with Gasteiger partial charge in [-0.1, -0.05) is 6.42 Å². The van der Waals surface area contributed by atoms with Crippen LogP contribution in [-0.4, -0.2) is 28.9 Å². The maximum Gasteiger partial charge on any atom is 0.308 e. The van der Waals surface area contributed by atoms with Gasteiger partial charge in [0.25, 0.3) is 5.91 Å². The number of anilines is 1. The van der Waals surface area contributed by atoms with Gasteiger partial charge in [0.2, 0.25) is 5.91 Å². The van der Waals surface area contributed by atoms with Gasteiger partial charge in [0, 0.05) is 15.6 Å². The van der Waals surface area contributed by atoms with E-state index in [-0.39, 0.29) is 18.4 Å². The molecule has 1 aromatic carbocycles. The molecule has 6 nitrogen and oxygen atoms in total. The molecule has 1 heterocycles. The number of primary amides is 1. The standard InChI is InChI=1S/C17H17BrN2O4/c18-12-7-9(16(19)23)5-6-14(12)20-13-4-2-1-3-10(13)11(17(20)24)8-15(21)22/h5-7,13H,1-4,8H2,(H2,19,23)(H,21,22). The first-order valence-electron chi connectivity index (χ1n) is 7.76. The number of hydrogen-bond acceptors (Lipinski definition) is 3. The van der Waals surface area contributed by atoms with E-state index in [1.165, 1.54) is 0 Å². The Hall–Kier alpha value is -2.15. The smallest absolute Gasteiger partial charge is 0.308 e. The third kappa shape index (κ3) is 2.84. The number of carboxylic acids is 1. The molecule has 0 bridgehead atoms. The molecule has 1 unspecified atom stereocenters. The molecule has 3 N–H and O–H groups in total. The van der Waals surface area contributed by atoms with Crippen LogP contribution >= 0.6 is 15.9 Å². The first-order chi connectivity index (χ1) is 11.4. The molecule has 1 fully saturated rings. The lowest BCUT2D eigenvalue weighted by atomic mass is 9.88. The molecule has 7 heteroatoms. The molecule has 0 radical (unpaired) electrons. The van der Waals surface area contributed by atoms with Crippen LogP contribution in [0.4, 0.5) is 5.69 Å². The maximum absolute atomic E-state index is 12.9. The van der Waals surface area contributed by atoms with Gasteiger partial charge in [-0.05, 0) is 59.0 Å². The summed E-state index contributed by atoms with van der Waals surface area (Å²) in [5.41, 5.74) is 7.61. The monoisotopic (exact) mass is 392 g/mol. The summed E-state index contributed by atoms with van der Waals surface area (Å²) in [4.78, 5) is 37.0. The van der Waals surface area contributed by atoms with Crippen molar-refractivity contribution in [2.24, 2.45) is 5.73 Å². The number of aliphatic carboxylic acids is 1. The Morgan fingerprint density at radius 1 is 1.33 bits per heavy atom. The van der Waals surface area contributed by atoms with Gasteiger partial charge in [-0.3, -0.25) is 14.4 Å². The highest BCUT2D eigenvalue weighted by Gasteiger charge is 2.41. The Balaban J connectivity index is 2.02. The minimum atomic E-state index is -1.000. The largest absolute Gasteiger partial charge is 0.481 e. The van der Waals surface area contributed by atoms with E-state index in [1.807, 2.05) is 0 Å². The van der Waals surface area contributed by atoms with E-state index in [1.54, 1.807) is 23.1 Å². The van der Waals surface area contributed by atoms with Gasteiger partial charge in [-0.15, -0.1) is 0 Å². The Labute approximate surface area is 147 Å². The molecule has 1 aliphatic carbocycles. The second-order valence-corrected chi connectivity index (χ2v) is 6.90. The van der Waals surface area contributed by atoms with Crippen molar-refractivity contribution in [2.75, 3.05) is 4.90 Å². The predicted octanol–water partition coefficient (Wildman–Crippen LogP) is 2.61. The number of nitrogens with two attached hydrogens (primary N) is 1. The van der Waals surface area contributed by atoms with Crippen LogP contribution in [0.5, 0.6) is 0 Å². The number of nitrogens with zero attached hydrogens (tertiary/aromatic N) is 1. The van der Waals surface area contributed by atoms with Crippen molar-refractivity contribution in [3.8, 4) is 0 Å². The van der Waals surface area contributed by atoms with Crippen LogP contribution < -0.4 is 10.6 Å². The van der Waals surface area contributed by atoms with Crippen LogP contribution in [-0.2, 0) is 9.59 Å². The van der Waals surface area contributed by atoms with Gasteiger partial charge in [-0.2, -0.15) is 0 Å². The fourth-order valence-electron chi connectivity index (χ4n) is 3.53. The highest BCUT2D eigenvalue weighted by Crippen LogP contribution is 2.42. The van der Waals surface area contributed by atoms with Crippen LogP contribution in [0, 0.1) is 0 Å². The van der Waals surface area contributed by atoms with Gasteiger partial charge >= 0.3 is 5.97 Å². The molecule has 1 aliphatic heterocycles. The molecule has 2 aliphatic rings. The Morgan fingerprint density at radius 2 is 2.08 bits per heavy atom. The number of halogens is 1. The van der Waals surface area contributed by atoms with Gasteiger partial charge in [0.15, 0.2) is 0 Å². The molecular weight excluding hydrogens is 376 g/mol. The van der Waals surface area contributed by atoms with Crippen molar-refractivity contribution in [2.45, 2.75) is 38.1 Å². The van der Waals surface area contributed by atoms with Crippen molar-refractivity contribution >= 4 is 39.4 Å². The molecule has 3 rings (SSSR count). The van der Waals surface area contributed by atoms with Crippen molar-refractivity contribution in [1.29, 1.82) is 0 Å². The Kier molecular flexibility index (Phi) is 4.45. The maximum atomic E-state index is 12.9. The minimum Gasteiger partial charge on any atom is -0.481 e. The summed E-state index contributed by atoms with van der Waals surface area (Å²) in [7, 11) is 0. The van der Waals surface area contributed by atoms with Crippen LogP contribution in [0.25, 0.3) is 0 Å². The number of benzene rings is 1. The number of carbonyl (C=O) groups excluding carboxylic acids is 2. The number of rotatable bonds is 4. The van der Waals surface area contributed by atoms with Crippen LogP contribution in [0.1, 0.15) is 42.5 Å². The summed E-state index contributed by atoms with van der Waals surface area (Å²) in [5.74, 6) is -1.80. The van der Waals surface area contributed by atoms with Crippen LogP contribution in [0.2, 0.25) is 0 Å². The molecule has 0 saturated heterocycles. The molecule has 24 heavy (non-hydrogen) atoms. The first kappa shape index (κ1) is 16.7. The summed E-state index contributed by atoms with van der Waals surface area (Å²) in [5, 5.41) is 9.13. The average Bonchev–Trinajstić information content (AvgIpc) is 2.80. The molecule has 1 saturated carbocycles. The molecule has 1 aromatic rings. The zero-order valence-corrected chi connectivity index (χ0v) is 14.5. The SMILES string of the molecule is NC(=O)c1ccc(N2C(=O)C(CC(=O)O)=C3CCCCC32)c(Br)c1. The summed E-state index contributed by atoms with van der Waals surface area (Å²) >= 11 is 3.40. The summed E-state index contributed by atoms with van der Waals surface area (Å²) in [6.45, 7) is 0. The highest BCUT2D eigenvalue weighted by molar-refractivity contribution is 9.10. The lowest BCUT2D eigenvalue weighted by Crippen LogP contribution is -2.37. The van der Waals surface area contributed by atoms with E-state index in [4.69, 9.17) is 10.8 Å². The summed E-state index contributed by atoms with van der Waals surface area (Å²) in [6, 6.07) is 4.74. The minimum absolute atomic E-state index is 0.101. The fourth-order valence-corrected chi connectivity index (χ4v) is 4.10. The summed E-state index contributed by atoms with van der Waals surface area (Å²) in [6.07, 6.45) is 3.28. The normalized spacial score (nSPS) is 20.3. The van der Waals surface area contributed by atoms with E-state index >= 15 is 0 Å². The van der Waals surface area contributed by atoms with Crippen molar-refractivity contribution < 1.29 is 19.5 Å². The van der Waals surface area contributed by atoms with E-state index in [2.05, 4.69) is 15.9 Å².